The molecule has 0 saturated heterocycles. The zero-order valence-electron chi connectivity index (χ0n) is 8.49. The molecule has 0 radical (unpaired) electrons. The van der Waals surface area contributed by atoms with Gasteiger partial charge in [0, 0.05) is 30.3 Å². The topological polar surface area (TPSA) is 25.2 Å². The Kier molecular flexibility index (Phi) is 3.37. The minimum Gasteiger partial charge on any atom is -0.296 e. The molecule has 70 valence electrons. The normalized spacial score (nSPS) is 12.2. The molecule has 0 atom stereocenters. The Morgan fingerprint density at radius 1 is 1.46 bits per heavy atom. The number of rotatable bonds is 3. The second-order valence-electron chi connectivity index (χ2n) is 4.32. The van der Waals surface area contributed by atoms with Gasteiger partial charge in [0.1, 0.15) is 0 Å². The van der Waals surface area contributed by atoms with Crippen molar-refractivity contribution in [1.29, 1.82) is 0 Å². The highest BCUT2D eigenvalue weighted by Crippen LogP contribution is 2.00. The summed E-state index contributed by atoms with van der Waals surface area (Å²) in [6.45, 7) is 6.94. The van der Waals surface area contributed by atoms with Crippen LogP contribution in [0.1, 0.15) is 5.56 Å². The Bertz CT molecular complexity index is 275. The first-order valence-electron chi connectivity index (χ1n) is 4.48. The van der Waals surface area contributed by atoms with Gasteiger partial charge < -0.3 is 0 Å². The summed E-state index contributed by atoms with van der Waals surface area (Å²) in [5.74, 6) is 0. The van der Waals surface area contributed by atoms with Crippen molar-refractivity contribution in [2.45, 2.75) is 19.6 Å². The maximum absolute atomic E-state index is 4.41. The average molecular weight is 192 g/mol. The highest BCUT2D eigenvalue weighted by atomic mass is 28.3. The third-order valence-corrected chi connectivity index (χ3v) is 2.62. The number of pyridine rings is 1. The first-order chi connectivity index (χ1) is 6.08. The van der Waals surface area contributed by atoms with Gasteiger partial charge in [-0.2, -0.15) is 0 Å². The van der Waals surface area contributed by atoms with Gasteiger partial charge in [0.2, 0.25) is 0 Å². The van der Waals surface area contributed by atoms with Crippen LogP contribution in [-0.4, -0.2) is 25.4 Å². The van der Waals surface area contributed by atoms with Crippen LogP contribution in [0, 0.1) is 0 Å². The van der Waals surface area contributed by atoms with E-state index in [1.165, 1.54) is 0 Å². The van der Waals surface area contributed by atoms with Crippen LogP contribution in [0.4, 0.5) is 0 Å². The Labute approximate surface area is 80.8 Å². The molecule has 0 amide bonds. The van der Waals surface area contributed by atoms with Crippen LogP contribution in [0.25, 0.3) is 0 Å². The fourth-order valence-corrected chi connectivity index (χ4v) is 1.52. The smallest absolute Gasteiger partial charge is 0.0692 e. The van der Waals surface area contributed by atoms with Crippen molar-refractivity contribution >= 4 is 14.3 Å². The molecular formula is C10H16N2Si. The first kappa shape index (κ1) is 10.1. The van der Waals surface area contributed by atoms with Gasteiger partial charge in [-0.3, -0.25) is 9.98 Å². The number of aliphatic imine (C=N–C) groups is 1. The minimum atomic E-state index is -1.03. The molecule has 1 aromatic rings. The highest BCUT2D eigenvalue weighted by Gasteiger charge is 2.10. The number of hydrogen-bond donors (Lipinski definition) is 0. The second kappa shape index (κ2) is 4.32. The maximum atomic E-state index is 4.41. The van der Waals surface area contributed by atoms with Crippen LogP contribution in [0.15, 0.2) is 29.5 Å². The summed E-state index contributed by atoms with van der Waals surface area (Å²) < 4.78 is 0. The average Bonchev–Trinajstić information content (AvgIpc) is 2.04. The Morgan fingerprint density at radius 3 is 2.77 bits per heavy atom. The van der Waals surface area contributed by atoms with E-state index in [9.17, 15) is 0 Å². The van der Waals surface area contributed by atoms with Gasteiger partial charge in [0.25, 0.3) is 0 Å². The summed E-state index contributed by atoms with van der Waals surface area (Å²) in [7, 11) is -1.03. The molecule has 0 N–H and O–H groups in total. The molecule has 1 heterocycles. The van der Waals surface area contributed by atoms with E-state index in [1.807, 2.05) is 24.5 Å². The van der Waals surface area contributed by atoms with Gasteiger partial charge in [0.15, 0.2) is 0 Å². The summed E-state index contributed by atoms with van der Waals surface area (Å²) >= 11 is 0. The molecule has 1 rings (SSSR count). The van der Waals surface area contributed by atoms with Crippen LogP contribution >= 0.6 is 0 Å². The van der Waals surface area contributed by atoms with E-state index >= 15 is 0 Å². The predicted molar refractivity (Wildman–Crippen MR) is 60.0 cm³/mol. The van der Waals surface area contributed by atoms with Crippen molar-refractivity contribution in [3.8, 4) is 0 Å². The first-order valence-corrected chi connectivity index (χ1v) is 8.18. The molecule has 0 bridgehead atoms. The third kappa shape index (κ3) is 4.57. The lowest BCUT2D eigenvalue weighted by atomic mass is 10.3. The van der Waals surface area contributed by atoms with Gasteiger partial charge in [-0.25, -0.2) is 0 Å². The number of nitrogens with zero attached hydrogens (tertiary/aromatic N) is 2. The zero-order valence-corrected chi connectivity index (χ0v) is 9.49. The quantitative estimate of drug-likeness (QED) is 0.533. The summed E-state index contributed by atoms with van der Waals surface area (Å²) in [5.41, 5.74) is 1.08. The van der Waals surface area contributed by atoms with E-state index in [0.717, 1.165) is 11.7 Å². The van der Waals surface area contributed by atoms with Gasteiger partial charge in [-0.05, 0) is 6.07 Å². The van der Waals surface area contributed by atoms with E-state index in [0.29, 0.717) is 0 Å². The van der Waals surface area contributed by atoms with Crippen molar-refractivity contribution < 1.29 is 0 Å². The van der Waals surface area contributed by atoms with Crippen LogP contribution in [0.5, 0.6) is 0 Å². The molecular weight excluding hydrogens is 176 g/mol. The molecule has 0 aliphatic heterocycles. The van der Waals surface area contributed by atoms with Crippen molar-refractivity contribution in [1.82, 2.24) is 4.98 Å². The monoisotopic (exact) mass is 192 g/mol. The van der Waals surface area contributed by atoms with Crippen LogP contribution in [0.2, 0.25) is 19.6 Å². The zero-order chi connectivity index (χ0) is 9.73. The molecule has 0 aliphatic rings. The van der Waals surface area contributed by atoms with Crippen LogP contribution in [-0.2, 0) is 0 Å². The molecule has 0 spiro atoms. The molecule has 0 fully saturated rings. The van der Waals surface area contributed by atoms with Gasteiger partial charge >= 0.3 is 0 Å². The van der Waals surface area contributed by atoms with Crippen LogP contribution in [0.3, 0.4) is 0 Å². The van der Waals surface area contributed by atoms with E-state index < -0.39 is 8.07 Å². The molecule has 0 unspecified atom stereocenters. The van der Waals surface area contributed by atoms with Crippen molar-refractivity contribution in [2.75, 3.05) is 6.17 Å². The Hall–Kier alpha value is -0.963. The Morgan fingerprint density at radius 2 is 2.23 bits per heavy atom. The molecule has 0 aromatic carbocycles. The van der Waals surface area contributed by atoms with Crippen molar-refractivity contribution in [3.05, 3.63) is 30.1 Å². The molecule has 3 heteroatoms. The standard InChI is InChI=1S/C10H16N2Si/c1-13(2,3)9-12-8-10-5-4-6-11-7-10/h4-8H,9H2,1-3H3. The van der Waals surface area contributed by atoms with Crippen molar-refractivity contribution in [3.63, 3.8) is 0 Å². The molecule has 0 aliphatic carbocycles. The maximum Gasteiger partial charge on any atom is 0.0692 e. The second-order valence-corrected chi connectivity index (χ2v) is 9.75. The van der Waals surface area contributed by atoms with E-state index in [4.69, 9.17) is 0 Å². The summed E-state index contributed by atoms with van der Waals surface area (Å²) in [6, 6.07) is 3.94. The van der Waals surface area contributed by atoms with Crippen molar-refractivity contribution in [2.24, 2.45) is 4.99 Å². The van der Waals surface area contributed by atoms with Gasteiger partial charge in [-0.15, -0.1) is 0 Å². The molecule has 13 heavy (non-hydrogen) atoms. The van der Waals surface area contributed by atoms with E-state index in [-0.39, 0.29) is 0 Å². The largest absolute Gasteiger partial charge is 0.296 e. The van der Waals surface area contributed by atoms with Crippen LogP contribution < -0.4 is 0 Å². The lowest BCUT2D eigenvalue weighted by Crippen LogP contribution is -2.24. The number of hydrogen-bond acceptors (Lipinski definition) is 2. The summed E-state index contributed by atoms with van der Waals surface area (Å²) in [6.07, 6.45) is 6.50. The molecule has 1 aromatic heterocycles. The van der Waals surface area contributed by atoms with E-state index in [2.05, 4.69) is 29.6 Å². The Balaban J connectivity index is 2.51. The minimum absolute atomic E-state index is 0.988. The van der Waals surface area contributed by atoms with Gasteiger partial charge in [-0.1, -0.05) is 25.7 Å². The lowest BCUT2D eigenvalue weighted by molar-refractivity contribution is 1.28. The highest BCUT2D eigenvalue weighted by molar-refractivity contribution is 6.76. The third-order valence-electron chi connectivity index (χ3n) is 1.49. The van der Waals surface area contributed by atoms with E-state index in [1.54, 1.807) is 6.20 Å². The molecule has 0 saturated carbocycles. The predicted octanol–water partition coefficient (Wildman–Crippen LogP) is 2.38. The lowest BCUT2D eigenvalue weighted by Gasteiger charge is -2.10. The van der Waals surface area contributed by atoms with Gasteiger partial charge in [0.05, 0.1) is 8.07 Å². The molecule has 2 nitrogen and oxygen atoms in total. The summed E-state index contributed by atoms with van der Waals surface area (Å²) in [4.78, 5) is 8.43. The fraction of sp³-hybridized carbons (Fsp3) is 0.400. The fourth-order valence-electron chi connectivity index (χ4n) is 0.877. The number of aromatic nitrogens is 1. The summed E-state index contributed by atoms with van der Waals surface area (Å²) in [5, 5.41) is 0. The SMILES string of the molecule is C[Si](C)(C)CN=Cc1cccnc1.